The van der Waals surface area contributed by atoms with Crippen molar-refractivity contribution in [2.24, 2.45) is 0 Å². The van der Waals surface area contributed by atoms with Crippen molar-refractivity contribution < 1.29 is 0 Å². The largest absolute Gasteiger partial charge is 0.272 e. The maximum Gasteiger partial charge on any atom is 0.139 e. The molecule has 0 N–H and O–H groups in total. The lowest BCUT2D eigenvalue weighted by Crippen LogP contribution is -1.94. The Morgan fingerprint density at radius 3 is 2.36 bits per heavy atom. The zero-order chi connectivity index (χ0) is 14.8. The highest BCUT2D eigenvalue weighted by molar-refractivity contribution is 7.07. The molecule has 0 aliphatic rings. The van der Waals surface area contributed by atoms with Gasteiger partial charge in [0.15, 0.2) is 0 Å². The summed E-state index contributed by atoms with van der Waals surface area (Å²) in [6.45, 7) is 0. The molecule has 5 nitrogen and oxygen atoms in total. The van der Waals surface area contributed by atoms with Gasteiger partial charge in [-0.2, -0.15) is 0 Å². The van der Waals surface area contributed by atoms with Crippen molar-refractivity contribution in [3.05, 3.63) is 66.1 Å². The predicted molar refractivity (Wildman–Crippen MR) is 85.7 cm³/mol. The highest BCUT2D eigenvalue weighted by Gasteiger charge is 2.09. The van der Waals surface area contributed by atoms with E-state index in [4.69, 9.17) is 0 Å². The molecule has 106 valence electrons. The van der Waals surface area contributed by atoms with E-state index in [2.05, 4.69) is 37.7 Å². The van der Waals surface area contributed by atoms with E-state index in [1.807, 2.05) is 36.0 Å². The minimum absolute atomic E-state index is 0.792. The van der Waals surface area contributed by atoms with Gasteiger partial charge in [0, 0.05) is 22.7 Å². The fraction of sp³-hybridized carbons (Fsp3) is 0. The zero-order valence-corrected chi connectivity index (χ0v) is 12.3. The van der Waals surface area contributed by atoms with Gasteiger partial charge in [0.2, 0.25) is 0 Å². The van der Waals surface area contributed by atoms with Crippen LogP contribution in [0.4, 0.5) is 0 Å². The SMILES string of the molecule is c1ccc(-c2cscn2)c(-c2ccc(-n3cnnc3)nc2)c1. The Labute approximate surface area is 131 Å². The zero-order valence-electron chi connectivity index (χ0n) is 11.5. The van der Waals surface area contributed by atoms with Crippen LogP contribution in [0.3, 0.4) is 0 Å². The summed E-state index contributed by atoms with van der Waals surface area (Å²) in [5, 5.41) is 9.64. The topological polar surface area (TPSA) is 56.5 Å². The molecule has 0 fully saturated rings. The van der Waals surface area contributed by atoms with Crippen molar-refractivity contribution in [1.29, 1.82) is 0 Å². The summed E-state index contributed by atoms with van der Waals surface area (Å²) in [6, 6.07) is 12.2. The highest BCUT2D eigenvalue weighted by Crippen LogP contribution is 2.31. The van der Waals surface area contributed by atoms with Gasteiger partial charge in [-0.1, -0.05) is 24.3 Å². The van der Waals surface area contributed by atoms with Crippen molar-refractivity contribution in [3.63, 3.8) is 0 Å². The van der Waals surface area contributed by atoms with E-state index in [1.54, 1.807) is 28.6 Å². The average molecular weight is 305 g/mol. The Balaban J connectivity index is 1.77. The van der Waals surface area contributed by atoms with Crippen LogP contribution in [0.2, 0.25) is 0 Å². The van der Waals surface area contributed by atoms with Gasteiger partial charge >= 0.3 is 0 Å². The second-order valence-electron chi connectivity index (χ2n) is 4.69. The number of pyridine rings is 1. The number of rotatable bonds is 3. The van der Waals surface area contributed by atoms with Gasteiger partial charge in [0.05, 0.1) is 11.2 Å². The summed E-state index contributed by atoms with van der Waals surface area (Å²) < 4.78 is 1.77. The molecule has 0 saturated heterocycles. The molecule has 3 aromatic heterocycles. The number of aromatic nitrogens is 5. The summed E-state index contributed by atoms with van der Waals surface area (Å²) in [5.41, 5.74) is 6.13. The summed E-state index contributed by atoms with van der Waals surface area (Å²) in [4.78, 5) is 8.89. The smallest absolute Gasteiger partial charge is 0.139 e. The van der Waals surface area contributed by atoms with Crippen molar-refractivity contribution in [1.82, 2.24) is 24.7 Å². The van der Waals surface area contributed by atoms with Crippen LogP contribution in [-0.2, 0) is 0 Å². The summed E-state index contributed by atoms with van der Waals surface area (Å²) >= 11 is 1.60. The van der Waals surface area contributed by atoms with Gasteiger partial charge in [-0.05, 0) is 17.7 Å². The second-order valence-corrected chi connectivity index (χ2v) is 5.41. The average Bonchev–Trinajstić information content (AvgIpc) is 3.29. The Morgan fingerprint density at radius 1 is 0.864 bits per heavy atom. The first-order valence-electron chi connectivity index (χ1n) is 6.71. The van der Waals surface area contributed by atoms with E-state index in [9.17, 15) is 0 Å². The van der Waals surface area contributed by atoms with Gasteiger partial charge in [0.25, 0.3) is 0 Å². The van der Waals surface area contributed by atoms with E-state index < -0.39 is 0 Å². The summed E-state index contributed by atoms with van der Waals surface area (Å²) in [6.07, 6.45) is 5.12. The van der Waals surface area contributed by atoms with E-state index >= 15 is 0 Å². The van der Waals surface area contributed by atoms with Crippen molar-refractivity contribution >= 4 is 11.3 Å². The van der Waals surface area contributed by atoms with Crippen LogP contribution in [0.5, 0.6) is 0 Å². The maximum absolute atomic E-state index is 4.49. The first-order valence-corrected chi connectivity index (χ1v) is 7.65. The van der Waals surface area contributed by atoms with Crippen LogP contribution in [0, 0.1) is 0 Å². The van der Waals surface area contributed by atoms with Gasteiger partial charge < -0.3 is 0 Å². The normalized spacial score (nSPS) is 10.7. The monoisotopic (exact) mass is 305 g/mol. The molecule has 0 spiro atoms. The molecule has 22 heavy (non-hydrogen) atoms. The molecular weight excluding hydrogens is 294 g/mol. The quantitative estimate of drug-likeness (QED) is 0.581. The third-order valence-corrected chi connectivity index (χ3v) is 3.96. The van der Waals surface area contributed by atoms with Crippen LogP contribution in [-0.4, -0.2) is 24.7 Å². The molecule has 0 saturated carbocycles. The van der Waals surface area contributed by atoms with Crippen LogP contribution < -0.4 is 0 Å². The molecule has 3 heterocycles. The molecule has 0 aliphatic heterocycles. The van der Waals surface area contributed by atoms with Crippen molar-refractivity contribution in [3.8, 4) is 28.2 Å². The van der Waals surface area contributed by atoms with Gasteiger partial charge in [0.1, 0.15) is 18.5 Å². The van der Waals surface area contributed by atoms with E-state index in [1.165, 1.54) is 0 Å². The van der Waals surface area contributed by atoms with Crippen molar-refractivity contribution in [2.45, 2.75) is 0 Å². The first-order chi connectivity index (χ1) is 10.9. The molecule has 1 aromatic carbocycles. The fourth-order valence-corrected chi connectivity index (χ4v) is 2.87. The third-order valence-electron chi connectivity index (χ3n) is 3.38. The predicted octanol–water partition coefficient (Wildman–Crippen LogP) is 3.45. The third kappa shape index (κ3) is 2.29. The van der Waals surface area contributed by atoms with Gasteiger partial charge in [-0.3, -0.25) is 4.57 Å². The Hall–Kier alpha value is -2.86. The molecule has 0 radical (unpaired) electrons. The molecular formula is C16H11N5S. The Kier molecular flexibility index (Phi) is 3.21. The number of thiazole rings is 1. The fourth-order valence-electron chi connectivity index (χ4n) is 2.32. The molecule has 0 aliphatic carbocycles. The number of benzene rings is 1. The van der Waals surface area contributed by atoms with Gasteiger partial charge in [-0.15, -0.1) is 21.5 Å². The molecule has 0 unspecified atom stereocenters. The highest BCUT2D eigenvalue weighted by atomic mass is 32.1. The number of hydrogen-bond acceptors (Lipinski definition) is 5. The molecule has 6 heteroatoms. The lowest BCUT2D eigenvalue weighted by Gasteiger charge is -2.08. The summed E-state index contributed by atoms with van der Waals surface area (Å²) in [7, 11) is 0. The minimum Gasteiger partial charge on any atom is -0.272 e. The minimum atomic E-state index is 0.792. The maximum atomic E-state index is 4.49. The summed E-state index contributed by atoms with van der Waals surface area (Å²) in [5.74, 6) is 0.792. The van der Waals surface area contributed by atoms with E-state index in [0.29, 0.717) is 0 Å². The molecule has 0 bridgehead atoms. The second kappa shape index (κ2) is 5.50. The first kappa shape index (κ1) is 12.8. The lowest BCUT2D eigenvalue weighted by molar-refractivity contribution is 0.992. The molecule has 4 aromatic rings. The molecule has 0 amide bonds. The van der Waals surface area contributed by atoms with E-state index in [-0.39, 0.29) is 0 Å². The molecule has 0 atom stereocenters. The van der Waals surface area contributed by atoms with Crippen LogP contribution in [0.15, 0.2) is 66.1 Å². The lowest BCUT2D eigenvalue weighted by atomic mass is 9.99. The molecule has 4 rings (SSSR count). The van der Waals surface area contributed by atoms with Gasteiger partial charge in [-0.25, -0.2) is 9.97 Å². The number of hydrogen-bond donors (Lipinski definition) is 0. The Bertz CT molecular complexity index is 867. The Morgan fingerprint density at radius 2 is 1.68 bits per heavy atom. The van der Waals surface area contributed by atoms with E-state index in [0.717, 1.165) is 28.2 Å². The van der Waals surface area contributed by atoms with Crippen molar-refractivity contribution in [2.75, 3.05) is 0 Å². The standard InChI is InChI=1S/C16H11N5S/c1-2-4-14(15-8-22-11-18-15)13(3-1)12-5-6-16(17-7-12)21-9-19-20-10-21/h1-11H. The van der Waals surface area contributed by atoms with Crippen LogP contribution in [0.1, 0.15) is 0 Å². The number of nitrogens with zero attached hydrogens (tertiary/aromatic N) is 5. The van der Waals surface area contributed by atoms with Crippen LogP contribution >= 0.6 is 11.3 Å². The van der Waals surface area contributed by atoms with Crippen LogP contribution in [0.25, 0.3) is 28.2 Å².